The number of hydrogen-bond donors (Lipinski definition) is 0. The van der Waals surface area contributed by atoms with Gasteiger partial charge in [0.2, 0.25) is 0 Å². The zero-order chi connectivity index (χ0) is 10.8. The Hall–Kier alpha value is -0.580. The SMILES string of the molecule is C1=C(N2CCOCC2)CCC2(C1)OCCO2. The highest BCUT2D eigenvalue weighted by atomic mass is 16.7. The Morgan fingerprint density at radius 3 is 2.44 bits per heavy atom. The van der Waals surface area contributed by atoms with E-state index >= 15 is 0 Å². The van der Waals surface area contributed by atoms with Crippen LogP contribution in [0, 0.1) is 0 Å². The summed E-state index contributed by atoms with van der Waals surface area (Å²) in [7, 11) is 0. The first-order valence-electron chi connectivity index (χ1n) is 6.18. The molecule has 0 aromatic rings. The predicted molar refractivity (Wildman–Crippen MR) is 59.0 cm³/mol. The molecule has 0 amide bonds. The molecule has 2 saturated heterocycles. The minimum Gasteiger partial charge on any atom is -0.378 e. The molecule has 2 heterocycles. The molecule has 0 aromatic carbocycles. The first-order chi connectivity index (χ1) is 7.88. The molecule has 0 bridgehead atoms. The molecular weight excluding hydrogens is 206 g/mol. The van der Waals surface area contributed by atoms with Gasteiger partial charge in [-0.1, -0.05) is 6.08 Å². The maximum Gasteiger partial charge on any atom is 0.172 e. The van der Waals surface area contributed by atoms with Crippen LogP contribution in [0.2, 0.25) is 0 Å². The zero-order valence-electron chi connectivity index (χ0n) is 9.61. The van der Waals surface area contributed by atoms with E-state index in [0.717, 1.165) is 58.8 Å². The van der Waals surface area contributed by atoms with Crippen molar-refractivity contribution in [3.8, 4) is 0 Å². The maximum absolute atomic E-state index is 5.71. The number of rotatable bonds is 1. The van der Waals surface area contributed by atoms with Crippen LogP contribution in [0.5, 0.6) is 0 Å². The van der Waals surface area contributed by atoms with E-state index in [1.807, 2.05) is 0 Å². The Balaban J connectivity index is 1.63. The van der Waals surface area contributed by atoms with Crippen LogP contribution >= 0.6 is 0 Å². The Morgan fingerprint density at radius 1 is 1.06 bits per heavy atom. The van der Waals surface area contributed by atoms with Crippen molar-refractivity contribution >= 4 is 0 Å². The molecule has 1 spiro atoms. The van der Waals surface area contributed by atoms with Gasteiger partial charge in [-0.2, -0.15) is 0 Å². The minimum absolute atomic E-state index is 0.282. The number of nitrogens with zero attached hydrogens (tertiary/aromatic N) is 1. The lowest BCUT2D eigenvalue weighted by Gasteiger charge is -2.37. The second kappa shape index (κ2) is 4.35. The van der Waals surface area contributed by atoms with Crippen LogP contribution in [-0.2, 0) is 14.2 Å². The zero-order valence-corrected chi connectivity index (χ0v) is 9.61. The van der Waals surface area contributed by atoms with E-state index in [-0.39, 0.29) is 5.79 Å². The largest absolute Gasteiger partial charge is 0.378 e. The summed E-state index contributed by atoms with van der Waals surface area (Å²) in [5, 5.41) is 0. The molecule has 16 heavy (non-hydrogen) atoms. The molecule has 0 saturated carbocycles. The lowest BCUT2D eigenvalue weighted by Crippen LogP contribution is -2.39. The van der Waals surface area contributed by atoms with Gasteiger partial charge in [-0.25, -0.2) is 0 Å². The molecule has 0 N–H and O–H groups in total. The first-order valence-corrected chi connectivity index (χ1v) is 6.18. The van der Waals surface area contributed by atoms with E-state index < -0.39 is 0 Å². The number of ether oxygens (including phenoxy) is 3. The van der Waals surface area contributed by atoms with Crippen LogP contribution in [0.3, 0.4) is 0 Å². The Labute approximate surface area is 96.1 Å². The van der Waals surface area contributed by atoms with Crippen LogP contribution < -0.4 is 0 Å². The average molecular weight is 225 g/mol. The van der Waals surface area contributed by atoms with Gasteiger partial charge in [0.1, 0.15) is 0 Å². The molecule has 1 aliphatic carbocycles. The maximum atomic E-state index is 5.71. The van der Waals surface area contributed by atoms with Gasteiger partial charge in [0.15, 0.2) is 5.79 Å². The standard InChI is InChI=1S/C12H19NO3/c1-3-12(15-9-10-16-12)4-2-11(1)13-5-7-14-8-6-13/h1H,2-10H2. The van der Waals surface area contributed by atoms with Gasteiger partial charge in [-0.05, 0) is 6.42 Å². The molecule has 4 heteroatoms. The van der Waals surface area contributed by atoms with Crippen LogP contribution in [0.1, 0.15) is 19.3 Å². The summed E-state index contributed by atoms with van der Waals surface area (Å²) >= 11 is 0. The number of hydrogen-bond acceptors (Lipinski definition) is 4. The van der Waals surface area contributed by atoms with Crippen LogP contribution in [0.4, 0.5) is 0 Å². The van der Waals surface area contributed by atoms with E-state index in [2.05, 4.69) is 11.0 Å². The summed E-state index contributed by atoms with van der Waals surface area (Å²) in [5.41, 5.74) is 1.45. The topological polar surface area (TPSA) is 30.9 Å². The molecule has 3 aliphatic rings. The van der Waals surface area contributed by atoms with E-state index in [1.54, 1.807) is 0 Å². The van der Waals surface area contributed by atoms with E-state index in [4.69, 9.17) is 14.2 Å². The van der Waals surface area contributed by atoms with Gasteiger partial charge in [0.05, 0.1) is 26.4 Å². The summed E-state index contributed by atoms with van der Waals surface area (Å²) < 4.78 is 16.8. The fourth-order valence-electron chi connectivity index (χ4n) is 2.69. The number of allylic oxidation sites excluding steroid dienone is 1. The van der Waals surface area contributed by atoms with Gasteiger partial charge in [-0.15, -0.1) is 0 Å². The summed E-state index contributed by atoms with van der Waals surface area (Å²) in [6.07, 6.45) is 5.26. The summed E-state index contributed by atoms with van der Waals surface area (Å²) in [6, 6.07) is 0. The molecule has 0 atom stereocenters. The summed E-state index contributed by atoms with van der Waals surface area (Å²) in [6.45, 7) is 5.27. The molecule has 0 aromatic heterocycles. The normalized spacial score (nSPS) is 29.5. The fraction of sp³-hybridized carbons (Fsp3) is 0.833. The molecule has 2 fully saturated rings. The molecule has 90 valence electrons. The molecule has 0 radical (unpaired) electrons. The number of morpholine rings is 1. The Kier molecular flexibility index (Phi) is 2.88. The Morgan fingerprint density at radius 2 is 1.81 bits per heavy atom. The van der Waals surface area contributed by atoms with Crippen molar-refractivity contribution in [2.24, 2.45) is 0 Å². The van der Waals surface area contributed by atoms with E-state index in [9.17, 15) is 0 Å². The summed E-state index contributed by atoms with van der Waals surface area (Å²) in [4.78, 5) is 2.44. The van der Waals surface area contributed by atoms with Crippen molar-refractivity contribution in [1.29, 1.82) is 0 Å². The highest BCUT2D eigenvalue weighted by Gasteiger charge is 2.38. The fourth-order valence-corrected chi connectivity index (χ4v) is 2.69. The van der Waals surface area contributed by atoms with Crippen molar-refractivity contribution in [2.45, 2.75) is 25.0 Å². The predicted octanol–water partition coefficient (Wildman–Crippen LogP) is 1.13. The highest BCUT2D eigenvalue weighted by Crippen LogP contribution is 2.35. The first kappa shape index (κ1) is 10.6. The van der Waals surface area contributed by atoms with Gasteiger partial charge in [0, 0.05) is 31.6 Å². The van der Waals surface area contributed by atoms with Crippen LogP contribution in [0.25, 0.3) is 0 Å². The van der Waals surface area contributed by atoms with Crippen molar-refractivity contribution in [3.05, 3.63) is 11.8 Å². The van der Waals surface area contributed by atoms with Crippen LogP contribution in [-0.4, -0.2) is 50.2 Å². The van der Waals surface area contributed by atoms with E-state index in [1.165, 1.54) is 5.70 Å². The molecule has 0 unspecified atom stereocenters. The molecular formula is C12H19NO3. The van der Waals surface area contributed by atoms with Gasteiger partial charge in [-0.3, -0.25) is 0 Å². The monoisotopic (exact) mass is 225 g/mol. The summed E-state index contributed by atoms with van der Waals surface area (Å²) in [5.74, 6) is -0.282. The van der Waals surface area contributed by atoms with Gasteiger partial charge in [0.25, 0.3) is 0 Å². The van der Waals surface area contributed by atoms with Gasteiger partial charge < -0.3 is 19.1 Å². The third kappa shape index (κ3) is 1.97. The van der Waals surface area contributed by atoms with Crippen molar-refractivity contribution in [2.75, 3.05) is 39.5 Å². The minimum atomic E-state index is -0.282. The van der Waals surface area contributed by atoms with E-state index in [0.29, 0.717) is 0 Å². The quantitative estimate of drug-likeness (QED) is 0.669. The van der Waals surface area contributed by atoms with Crippen molar-refractivity contribution in [3.63, 3.8) is 0 Å². The lowest BCUT2D eigenvalue weighted by molar-refractivity contribution is -0.162. The van der Waals surface area contributed by atoms with Crippen molar-refractivity contribution < 1.29 is 14.2 Å². The highest BCUT2D eigenvalue weighted by molar-refractivity contribution is 5.09. The second-order valence-electron chi connectivity index (χ2n) is 4.61. The van der Waals surface area contributed by atoms with Gasteiger partial charge >= 0.3 is 0 Å². The van der Waals surface area contributed by atoms with Crippen molar-refractivity contribution in [1.82, 2.24) is 4.90 Å². The molecule has 2 aliphatic heterocycles. The smallest absolute Gasteiger partial charge is 0.172 e. The third-order valence-corrected chi connectivity index (χ3v) is 3.64. The molecule has 4 nitrogen and oxygen atoms in total. The average Bonchev–Trinajstić information content (AvgIpc) is 2.80. The molecule has 3 rings (SSSR count). The Bertz CT molecular complexity index is 278. The van der Waals surface area contributed by atoms with Crippen LogP contribution in [0.15, 0.2) is 11.8 Å². The lowest BCUT2D eigenvalue weighted by atomic mass is 9.97. The third-order valence-electron chi connectivity index (χ3n) is 3.64. The second-order valence-corrected chi connectivity index (χ2v) is 4.61.